The number of anilines is 1. The summed E-state index contributed by atoms with van der Waals surface area (Å²) in [6.07, 6.45) is 5.76. The van der Waals surface area contributed by atoms with Gasteiger partial charge in [-0.1, -0.05) is 31.5 Å². The molecule has 0 aliphatic rings. The van der Waals surface area contributed by atoms with Crippen LogP contribution in [0.5, 0.6) is 0 Å². The highest BCUT2D eigenvalue weighted by Gasteiger charge is 2.15. The first-order valence-electron chi connectivity index (χ1n) is 9.15. The lowest BCUT2D eigenvalue weighted by Gasteiger charge is -2.10. The fourth-order valence-electron chi connectivity index (χ4n) is 3.18. The van der Waals surface area contributed by atoms with E-state index in [1.54, 1.807) is 0 Å². The highest BCUT2D eigenvalue weighted by molar-refractivity contribution is 7.85. The molecule has 0 saturated carbocycles. The SMILES string of the molecule is CCCCc1nc2c(N)ncc(C)c2n1CCCS(=O)c1ccccc1. The van der Waals surface area contributed by atoms with Crippen LogP contribution in [0.15, 0.2) is 41.4 Å². The molecule has 1 unspecified atom stereocenters. The smallest absolute Gasteiger partial charge is 0.151 e. The molecule has 6 heteroatoms. The van der Waals surface area contributed by atoms with E-state index < -0.39 is 10.8 Å². The highest BCUT2D eigenvalue weighted by Crippen LogP contribution is 2.25. The average Bonchev–Trinajstić information content (AvgIpc) is 3.03. The van der Waals surface area contributed by atoms with Gasteiger partial charge in [0.25, 0.3) is 0 Å². The number of aryl methyl sites for hydroxylation is 3. The Balaban J connectivity index is 1.81. The summed E-state index contributed by atoms with van der Waals surface area (Å²) in [6, 6.07) is 9.65. The molecule has 3 aromatic rings. The molecule has 3 rings (SSSR count). The van der Waals surface area contributed by atoms with Crippen molar-refractivity contribution in [2.75, 3.05) is 11.5 Å². The van der Waals surface area contributed by atoms with Gasteiger partial charge in [0, 0.05) is 29.8 Å². The van der Waals surface area contributed by atoms with E-state index in [0.717, 1.165) is 59.5 Å². The second kappa shape index (κ2) is 8.45. The van der Waals surface area contributed by atoms with Crippen LogP contribution in [0.1, 0.15) is 37.6 Å². The maximum absolute atomic E-state index is 12.5. The van der Waals surface area contributed by atoms with E-state index >= 15 is 0 Å². The second-order valence-corrected chi connectivity index (χ2v) is 8.09. The first-order valence-corrected chi connectivity index (χ1v) is 10.5. The predicted octanol–water partition coefficient (Wildman–Crippen LogP) is 3.86. The Morgan fingerprint density at radius 2 is 1.96 bits per heavy atom. The van der Waals surface area contributed by atoms with E-state index in [9.17, 15) is 4.21 Å². The van der Waals surface area contributed by atoms with Gasteiger partial charge >= 0.3 is 0 Å². The zero-order chi connectivity index (χ0) is 18.5. The molecule has 0 aliphatic heterocycles. The number of hydrogen-bond donors (Lipinski definition) is 1. The Morgan fingerprint density at radius 1 is 1.19 bits per heavy atom. The van der Waals surface area contributed by atoms with Gasteiger partial charge in [-0.2, -0.15) is 0 Å². The molecule has 0 spiro atoms. The van der Waals surface area contributed by atoms with Gasteiger partial charge in [-0.25, -0.2) is 9.97 Å². The molecule has 26 heavy (non-hydrogen) atoms. The maximum Gasteiger partial charge on any atom is 0.151 e. The van der Waals surface area contributed by atoms with Gasteiger partial charge in [-0.05, 0) is 37.5 Å². The van der Waals surface area contributed by atoms with E-state index in [1.807, 2.05) is 43.5 Å². The first kappa shape index (κ1) is 18.6. The standard InChI is InChI=1S/C20H26N4OS/c1-3-4-11-17-23-18-19(15(2)14-22-20(18)21)24(17)12-8-13-26(25)16-9-6-5-7-10-16/h5-7,9-10,14H,3-4,8,11-13H2,1-2H3,(H2,21,22). The second-order valence-electron chi connectivity index (χ2n) is 6.52. The Hall–Kier alpha value is -2.21. The number of pyridine rings is 1. The van der Waals surface area contributed by atoms with Crippen LogP contribution in [-0.2, 0) is 23.8 Å². The minimum atomic E-state index is -0.971. The van der Waals surface area contributed by atoms with Crippen LogP contribution < -0.4 is 5.73 Å². The van der Waals surface area contributed by atoms with E-state index in [-0.39, 0.29) is 0 Å². The normalized spacial score (nSPS) is 12.5. The Morgan fingerprint density at radius 3 is 2.69 bits per heavy atom. The lowest BCUT2D eigenvalue weighted by atomic mass is 10.2. The molecule has 0 fully saturated rings. The molecule has 5 nitrogen and oxygen atoms in total. The predicted molar refractivity (Wildman–Crippen MR) is 108 cm³/mol. The van der Waals surface area contributed by atoms with Crippen molar-refractivity contribution in [2.24, 2.45) is 0 Å². The van der Waals surface area contributed by atoms with Crippen LogP contribution >= 0.6 is 0 Å². The molecule has 2 N–H and O–H groups in total. The number of nitrogens with zero attached hydrogens (tertiary/aromatic N) is 3. The third kappa shape index (κ3) is 3.96. The minimum Gasteiger partial charge on any atom is -0.382 e. The topological polar surface area (TPSA) is 73.8 Å². The average molecular weight is 371 g/mol. The third-order valence-electron chi connectivity index (χ3n) is 4.53. The zero-order valence-electron chi connectivity index (χ0n) is 15.4. The number of unbranched alkanes of at least 4 members (excludes halogenated alkanes) is 1. The fraction of sp³-hybridized carbons (Fsp3) is 0.400. The molecule has 0 bridgehead atoms. The van der Waals surface area contributed by atoms with Gasteiger partial charge < -0.3 is 10.3 Å². The summed E-state index contributed by atoms with van der Waals surface area (Å²) >= 11 is 0. The molecular formula is C20H26N4OS. The van der Waals surface area contributed by atoms with Gasteiger partial charge in [0.15, 0.2) is 5.82 Å². The van der Waals surface area contributed by atoms with Crippen molar-refractivity contribution in [1.82, 2.24) is 14.5 Å². The van der Waals surface area contributed by atoms with Crippen molar-refractivity contribution in [3.05, 3.63) is 47.9 Å². The van der Waals surface area contributed by atoms with E-state index in [0.29, 0.717) is 11.6 Å². The lowest BCUT2D eigenvalue weighted by molar-refractivity contribution is 0.628. The van der Waals surface area contributed by atoms with Gasteiger partial charge in [0.2, 0.25) is 0 Å². The van der Waals surface area contributed by atoms with Crippen LogP contribution in [0.4, 0.5) is 5.82 Å². The molecular weight excluding hydrogens is 344 g/mol. The highest BCUT2D eigenvalue weighted by atomic mass is 32.2. The quantitative estimate of drug-likeness (QED) is 0.653. The van der Waals surface area contributed by atoms with Gasteiger partial charge in [-0.3, -0.25) is 4.21 Å². The number of fused-ring (bicyclic) bond motifs is 1. The monoisotopic (exact) mass is 370 g/mol. The third-order valence-corrected chi connectivity index (χ3v) is 5.99. The number of aromatic nitrogens is 3. The van der Waals surface area contributed by atoms with Crippen molar-refractivity contribution in [1.29, 1.82) is 0 Å². The van der Waals surface area contributed by atoms with Crippen molar-refractivity contribution in [3.63, 3.8) is 0 Å². The van der Waals surface area contributed by atoms with Crippen molar-refractivity contribution >= 4 is 27.7 Å². The van der Waals surface area contributed by atoms with Crippen LogP contribution in [-0.4, -0.2) is 24.5 Å². The molecule has 0 amide bonds. The molecule has 138 valence electrons. The summed E-state index contributed by atoms with van der Waals surface area (Å²) < 4.78 is 14.7. The molecule has 2 heterocycles. The molecule has 0 radical (unpaired) electrons. The maximum atomic E-state index is 12.5. The summed E-state index contributed by atoms with van der Waals surface area (Å²) in [5.74, 6) is 2.17. The van der Waals surface area contributed by atoms with Gasteiger partial charge in [0.1, 0.15) is 11.3 Å². The van der Waals surface area contributed by atoms with Crippen LogP contribution in [0.2, 0.25) is 0 Å². The van der Waals surface area contributed by atoms with Crippen molar-refractivity contribution < 1.29 is 4.21 Å². The van der Waals surface area contributed by atoms with Crippen LogP contribution in [0.3, 0.4) is 0 Å². The minimum absolute atomic E-state index is 0.481. The number of benzene rings is 1. The molecule has 0 aliphatic carbocycles. The summed E-state index contributed by atoms with van der Waals surface area (Å²) in [6.45, 7) is 5.01. The molecule has 1 aromatic carbocycles. The van der Waals surface area contributed by atoms with E-state index in [4.69, 9.17) is 10.7 Å². The summed E-state index contributed by atoms with van der Waals surface area (Å²) in [5.41, 5.74) is 8.99. The van der Waals surface area contributed by atoms with E-state index in [1.165, 1.54) is 0 Å². The zero-order valence-corrected chi connectivity index (χ0v) is 16.3. The Labute approximate surface area is 157 Å². The number of nitrogen functional groups attached to an aromatic ring is 1. The van der Waals surface area contributed by atoms with Gasteiger partial charge in [0.05, 0.1) is 16.3 Å². The largest absolute Gasteiger partial charge is 0.382 e. The Kier molecular flexibility index (Phi) is 6.04. The fourth-order valence-corrected chi connectivity index (χ4v) is 4.26. The summed E-state index contributed by atoms with van der Waals surface area (Å²) in [4.78, 5) is 9.90. The lowest BCUT2D eigenvalue weighted by Crippen LogP contribution is -2.08. The van der Waals surface area contributed by atoms with Crippen LogP contribution in [0.25, 0.3) is 11.0 Å². The van der Waals surface area contributed by atoms with Gasteiger partial charge in [-0.15, -0.1) is 0 Å². The molecule has 2 aromatic heterocycles. The van der Waals surface area contributed by atoms with E-state index in [2.05, 4.69) is 16.5 Å². The number of imidazole rings is 1. The van der Waals surface area contributed by atoms with Crippen molar-refractivity contribution in [3.8, 4) is 0 Å². The molecule has 1 atom stereocenters. The number of rotatable bonds is 8. The first-order chi connectivity index (χ1) is 12.6. The number of nitrogens with two attached hydrogens (primary N) is 1. The summed E-state index contributed by atoms with van der Waals surface area (Å²) in [7, 11) is -0.971. The Bertz CT molecular complexity index is 905. The number of hydrogen-bond acceptors (Lipinski definition) is 4. The molecule has 0 saturated heterocycles. The summed E-state index contributed by atoms with van der Waals surface area (Å²) in [5, 5.41) is 0. The van der Waals surface area contributed by atoms with Crippen molar-refractivity contribution in [2.45, 2.75) is 51.0 Å². The van der Waals surface area contributed by atoms with Crippen LogP contribution in [0, 0.1) is 6.92 Å².